The van der Waals surface area contributed by atoms with Crippen LogP contribution in [0.1, 0.15) is 39.9 Å². The maximum atomic E-state index is 14.5. The first-order valence-electron chi connectivity index (χ1n) is 17.5. The third-order valence-electron chi connectivity index (χ3n) is 9.51. The molecule has 0 radical (unpaired) electrons. The van der Waals surface area contributed by atoms with E-state index in [1.165, 1.54) is 29.7 Å². The second-order valence-electron chi connectivity index (χ2n) is 12.9. The fourth-order valence-electron chi connectivity index (χ4n) is 6.77. The number of hydrogen-bond donors (Lipinski definition) is 1. The number of carbonyl (C=O) groups excluding carboxylic acids is 1. The summed E-state index contributed by atoms with van der Waals surface area (Å²) in [7, 11) is 1.65. The number of thiophene rings is 1. The number of ketones is 1. The zero-order valence-corrected chi connectivity index (χ0v) is 29.4. The minimum absolute atomic E-state index is 0.106. The molecule has 2 aliphatic heterocycles. The van der Waals surface area contributed by atoms with Gasteiger partial charge in [0.2, 0.25) is 0 Å². The first-order valence-corrected chi connectivity index (χ1v) is 18.3. The Balaban J connectivity index is 1.21. The van der Waals surface area contributed by atoms with Crippen molar-refractivity contribution in [3.05, 3.63) is 107 Å². The van der Waals surface area contributed by atoms with Gasteiger partial charge in [-0.15, -0.1) is 11.3 Å². The number of benzene rings is 4. The van der Waals surface area contributed by atoms with Crippen LogP contribution < -0.4 is 14.2 Å². The van der Waals surface area contributed by atoms with E-state index in [0.717, 1.165) is 71.8 Å². The highest BCUT2D eigenvalue weighted by Gasteiger charge is 2.24. The third kappa shape index (κ3) is 7.97. The summed E-state index contributed by atoms with van der Waals surface area (Å²) >= 11 is 1.49. The Morgan fingerprint density at radius 2 is 1.62 bits per heavy atom. The molecule has 0 atom stereocenters. The number of fused-ring (bicyclic) bond motifs is 1. The van der Waals surface area contributed by atoms with E-state index in [9.17, 15) is 9.90 Å². The molecule has 1 aromatic heterocycles. The highest BCUT2D eigenvalue weighted by atomic mass is 32.1. The van der Waals surface area contributed by atoms with Crippen molar-refractivity contribution in [1.82, 2.24) is 9.80 Å². The van der Waals surface area contributed by atoms with Crippen LogP contribution in [-0.4, -0.2) is 87.0 Å². The van der Waals surface area contributed by atoms with Gasteiger partial charge in [0.15, 0.2) is 17.3 Å². The summed E-state index contributed by atoms with van der Waals surface area (Å²) in [4.78, 5) is 20.1. The minimum atomic E-state index is -0.106. The number of phenolic OH excluding ortho intramolecular Hbond substituents is 1. The van der Waals surface area contributed by atoms with E-state index in [0.29, 0.717) is 54.8 Å². The minimum Gasteiger partial charge on any atom is -0.508 e. The first kappa shape index (κ1) is 34.1. The summed E-state index contributed by atoms with van der Waals surface area (Å²) in [5, 5.41) is 11.2. The molecule has 2 aliphatic rings. The van der Waals surface area contributed by atoms with E-state index < -0.39 is 0 Å². The van der Waals surface area contributed by atoms with Crippen molar-refractivity contribution < 1.29 is 28.8 Å². The van der Waals surface area contributed by atoms with Gasteiger partial charge >= 0.3 is 0 Å². The zero-order valence-electron chi connectivity index (χ0n) is 28.6. The van der Waals surface area contributed by atoms with Crippen molar-refractivity contribution in [1.29, 1.82) is 0 Å². The molecule has 0 amide bonds. The SMILES string of the molecule is COc1cc(C(=O)c2c(-c3ccc(OCCN4CCCC4)c(OCCc4ccccc4)c3)sc3cc(O)ccc23)ccc1CN1CCOCC1. The molecule has 0 bridgehead atoms. The standard InChI is InChI=1S/C41H44N2O6S/c1-46-36-25-30(9-10-32(36)28-43-18-22-47-23-19-43)40(45)39-34-13-12-33(44)27-38(34)50-41(39)31-11-14-35(49-24-20-42-16-5-6-17-42)37(26-31)48-21-15-29-7-3-2-4-8-29/h2-4,7-14,25-27,44H,5-6,15-24,28H2,1H3. The van der Waals surface area contributed by atoms with Crippen LogP contribution in [0.5, 0.6) is 23.0 Å². The summed E-state index contributed by atoms with van der Waals surface area (Å²) in [6.07, 6.45) is 3.23. The van der Waals surface area contributed by atoms with Crippen molar-refractivity contribution in [3.63, 3.8) is 0 Å². The molecule has 2 saturated heterocycles. The lowest BCUT2D eigenvalue weighted by Gasteiger charge is -2.27. The predicted octanol–water partition coefficient (Wildman–Crippen LogP) is 7.44. The van der Waals surface area contributed by atoms with Crippen LogP contribution in [0.3, 0.4) is 0 Å². The van der Waals surface area contributed by atoms with Gasteiger partial charge < -0.3 is 24.1 Å². The lowest BCUT2D eigenvalue weighted by Crippen LogP contribution is -2.35. The van der Waals surface area contributed by atoms with Crippen LogP contribution >= 0.6 is 11.3 Å². The lowest BCUT2D eigenvalue weighted by molar-refractivity contribution is 0.0339. The molecule has 1 N–H and O–H groups in total. The number of rotatable bonds is 14. The molecule has 0 aliphatic carbocycles. The van der Waals surface area contributed by atoms with Gasteiger partial charge in [0.05, 0.1) is 26.9 Å². The number of hydrogen-bond acceptors (Lipinski definition) is 9. The van der Waals surface area contributed by atoms with Crippen molar-refractivity contribution in [2.24, 2.45) is 0 Å². The Labute approximate surface area is 297 Å². The number of nitrogens with zero attached hydrogens (tertiary/aromatic N) is 2. The number of likely N-dealkylation sites (tertiary alicyclic amines) is 1. The van der Waals surface area contributed by atoms with Gasteiger partial charge in [-0.1, -0.05) is 42.5 Å². The van der Waals surface area contributed by atoms with Gasteiger partial charge in [0, 0.05) is 64.3 Å². The van der Waals surface area contributed by atoms with Crippen molar-refractivity contribution in [3.8, 4) is 33.4 Å². The Morgan fingerprint density at radius 3 is 2.42 bits per heavy atom. The largest absolute Gasteiger partial charge is 0.508 e. The second kappa shape index (κ2) is 16.1. The van der Waals surface area contributed by atoms with Crippen LogP contribution in [-0.2, 0) is 17.7 Å². The number of methoxy groups -OCH3 is 1. The van der Waals surface area contributed by atoms with Gasteiger partial charge in [-0.25, -0.2) is 0 Å². The van der Waals surface area contributed by atoms with Crippen LogP contribution in [0, 0.1) is 0 Å². The number of phenols is 1. The van der Waals surface area contributed by atoms with Crippen LogP contribution in [0.15, 0.2) is 84.9 Å². The fraction of sp³-hybridized carbons (Fsp3) is 0.341. The maximum Gasteiger partial charge on any atom is 0.195 e. The van der Waals surface area contributed by atoms with E-state index in [1.54, 1.807) is 19.2 Å². The molecular formula is C41H44N2O6S. The van der Waals surface area contributed by atoms with E-state index >= 15 is 0 Å². The first-order chi connectivity index (χ1) is 24.6. The molecule has 7 rings (SSSR count). The molecule has 0 spiro atoms. The molecule has 4 aromatic carbocycles. The smallest absolute Gasteiger partial charge is 0.195 e. The number of ether oxygens (including phenoxy) is 4. The lowest BCUT2D eigenvalue weighted by atomic mass is 9.96. The molecule has 0 saturated carbocycles. The van der Waals surface area contributed by atoms with E-state index in [1.807, 2.05) is 60.7 Å². The van der Waals surface area contributed by atoms with Crippen molar-refractivity contribution in [2.45, 2.75) is 25.8 Å². The normalized spacial score (nSPS) is 15.4. The molecular weight excluding hydrogens is 649 g/mol. The average molecular weight is 693 g/mol. The summed E-state index contributed by atoms with van der Waals surface area (Å²) < 4.78 is 24.9. The Kier molecular flexibility index (Phi) is 11.0. The molecule has 5 aromatic rings. The summed E-state index contributed by atoms with van der Waals surface area (Å²) in [6, 6.07) is 27.2. The molecule has 0 unspecified atom stereocenters. The van der Waals surface area contributed by atoms with Crippen molar-refractivity contribution >= 4 is 27.2 Å². The van der Waals surface area contributed by atoms with Gasteiger partial charge in [0.1, 0.15) is 18.1 Å². The second-order valence-corrected chi connectivity index (χ2v) is 13.9. The monoisotopic (exact) mass is 692 g/mol. The van der Waals surface area contributed by atoms with E-state index in [4.69, 9.17) is 18.9 Å². The van der Waals surface area contributed by atoms with Gasteiger partial charge in [-0.3, -0.25) is 14.6 Å². The van der Waals surface area contributed by atoms with Gasteiger partial charge in [0.25, 0.3) is 0 Å². The molecule has 260 valence electrons. The predicted molar refractivity (Wildman–Crippen MR) is 198 cm³/mol. The van der Waals surface area contributed by atoms with E-state index in [-0.39, 0.29) is 11.5 Å². The molecule has 3 heterocycles. The number of aromatic hydroxyl groups is 1. The van der Waals surface area contributed by atoms with Gasteiger partial charge in [-0.05, 0) is 79.5 Å². The molecule has 2 fully saturated rings. The van der Waals surface area contributed by atoms with Crippen LogP contribution in [0.4, 0.5) is 0 Å². The van der Waals surface area contributed by atoms with Crippen molar-refractivity contribution in [2.75, 3.05) is 66.3 Å². The van der Waals surface area contributed by atoms with Crippen LogP contribution in [0.2, 0.25) is 0 Å². The Bertz CT molecular complexity index is 1910. The summed E-state index contributed by atoms with van der Waals surface area (Å²) in [5.41, 5.74) is 4.22. The summed E-state index contributed by atoms with van der Waals surface area (Å²) in [6.45, 7) is 8.05. The highest BCUT2D eigenvalue weighted by molar-refractivity contribution is 7.22. The fourth-order valence-corrected chi connectivity index (χ4v) is 8.00. The van der Waals surface area contributed by atoms with E-state index in [2.05, 4.69) is 21.9 Å². The Hall–Kier alpha value is -4.41. The molecule has 9 heteroatoms. The topological polar surface area (TPSA) is 80.7 Å². The quantitative estimate of drug-likeness (QED) is 0.120. The van der Waals surface area contributed by atoms with Crippen LogP contribution in [0.25, 0.3) is 20.5 Å². The number of morpholine rings is 1. The van der Waals surface area contributed by atoms with Gasteiger partial charge in [-0.2, -0.15) is 0 Å². The highest BCUT2D eigenvalue weighted by Crippen LogP contribution is 2.44. The maximum absolute atomic E-state index is 14.5. The average Bonchev–Trinajstić information content (AvgIpc) is 3.81. The summed E-state index contributed by atoms with van der Waals surface area (Å²) in [5.74, 6) is 2.07. The molecule has 50 heavy (non-hydrogen) atoms. The third-order valence-corrected chi connectivity index (χ3v) is 10.7. The molecule has 8 nitrogen and oxygen atoms in total. The Morgan fingerprint density at radius 1 is 0.820 bits per heavy atom. The number of carbonyl (C=O) groups is 1. The zero-order chi connectivity index (χ0) is 34.3.